The van der Waals surface area contributed by atoms with Gasteiger partial charge in [0.15, 0.2) is 0 Å². The van der Waals surface area contributed by atoms with Crippen molar-refractivity contribution in [1.82, 2.24) is 4.90 Å². The number of ether oxygens (including phenoxy) is 2. The lowest BCUT2D eigenvalue weighted by Gasteiger charge is -2.23. The monoisotopic (exact) mass is 293 g/mol. The van der Waals surface area contributed by atoms with Gasteiger partial charge in [-0.05, 0) is 19.1 Å². The SMILES string of the molecule is CCN(CC(C)C(=O)OC)C(=O)CCOc1ccccc1. The van der Waals surface area contributed by atoms with Crippen molar-refractivity contribution in [3.63, 3.8) is 0 Å². The highest BCUT2D eigenvalue weighted by Crippen LogP contribution is 2.09. The minimum Gasteiger partial charge on any atom is -0.493 e. The van der Waals surface area contributed by atoms with Crippen molar-refractivity contribution in [3.8, 4) is 5.75 Å². The molecule has 1 atom stereocenters. The Bertz CT molecular complexity index is 447. The summed E-state index contributed by atoms with van der Waals surface area (Å²) in [5.74, 6) is 0.0937. The Hall–Kier alpha value is -2.04. The summed E-state index contributed by atoms with van der Waals surface area (Å²) in [6.45, 7) is 4.90. The number of esters is 1. The number of amides is 1. The first-order chi connectivity index (χ1) is 10.1. The summed E-state index contributed by atoms with van der Waals surface area (Å²) in [6.07, 6.45) is 0.288. The highest BCUT2D eigenvalue weighted by molar-refractivity contribution is 5.78. The molecule has 116 valence electrons. The molecule has 5 heteroatoms. The molecule has 0 aliphatic carbocycles. The van der Waals surface area contributed by atoms with Gasteiger partial charge >= 0.3 is 5.97 Å². The molecule has 1 aromatic carbocycles. The molecule has 0 bridgehead atoms. The normalized spacial score (nSPS) is 11.6. The number of rotatable bonds is 8. The highest BCUT2D eigenvalue weighted by atomic mass is 16.5. The molecule has 1 rings (SSSR count). The van der Waals surface area contributed by atoms with E-state index in [9.17, 15) is 9.59 Å². The molecule has 0 spiro atoms. The number of carbonyl (C=O) groups is 2. The lowest BCUT2D eigenvalue weighted by atomic mass is 10.1. The average molecular weight is 293 g/mol. The van der Waals surface area contributed by atoms with Crippen LogP contribution in [0.2, 0.25) is 0 Å². The Morgan fingerprint density at radius 3 is 2.48 bits per heavy atom. The van der Waals surface area contributed by atoms with Crippen LogP contribution in [0.4, 0.5) is 0 Å². The zero-order valence-corrected chi connectivity index (χ0v) is 12.9. The quantitative estimate of drug-likeness (QED) is 0.689. The van der Waals surface area contributed by atoms with E-state index >= 15 is 0 Å². The first kappa shape index (κ1) is 17.0. The molecular weight excluding hydrogens is 270 g/mol. The second-order valence-corrected chi connectivity index (χ2v) is 4.77. The Morgan fingerprint density at radius 1 is 1.24 bits per heavy atom. The van der Waals surface area contributed by atoms with E-state index in [0.717, 1.165) is 5.75 Å². The maximum absolute atomic E-state index is 12.1. The van der Waals surface area contributed by atoms with Gasteiger partial charge in [-0.25, -0.2) is 0 Å². The van der Waals surface area contributed by atoms with Gasteiger partial charge in [-0.3, -0.25) is 9.59 Å². The summed E-state index contributed by atoms with van der Waals surface area (Å²) in [5.41, 5.74) is 0. The first-order valence-electron chi connectivity index (χ1n) is 7.12. The van der Waals surface area contributed by atoms with Crippen molar-refractivity contribution in [1.29, 1.82) is 0 Å². The molecule has 0 fully saturated rings. The maximum Gasteiger partial charge on any atom is 0.310 e. The van der Waals surface area contributed by atoms with E-state index in [4.69, 9.17) is 4.74 Å². The van der Waals surface area contributed by atoms with Crippen molar-refractivity contribution >= 4 is 11.9 Å². The second kappa shape index (κ2) is 9.00. The third-order valence-corrected chi connectivity index (χ3v) is 3.16. The van der Waals surface area contributed by atoms with Crippen LogP contribution in [0.5, 0.6) is 5.75 Å². The van der Waals surface area contributed by atoms with E-state index in [2.05, 4.69) is 4.74 Å². The minimum atomic E-state index is -0.325. The van der Waals surface area contributed by atoms with Gasteiger partial charge in [0.1, 0.15) is 5.75 Å². The minimum absolute atomic E-state index is 0.0239. The van der Waals surface area contributed by atoms with Crippen LogP contribution in [0.25, 0.3) is 0 Å². The summed E-state index contributed by atoms with van der Waals surface area (Å²) in [6, 6.07) is 9.37. The van der Waals surface area contributed by atoms with Gasteiger partial charge in [-0.2, -0.15) is 0 Å². The van der Waals surface area contributed by atoms with E-state index in [0.29, 0.717) is 19.7 Å². The van der Waals surface area contributed by atoms with Gasteiger partial charge < -0.3 is 14.4 Å². The van der Waals surface area contributed by atoms with Crippen LogP contribution in [0.1, 0.15) is 20.3 Å². The van der Waals surface area contributed by atoms with Crippen molar-refractivity contribution in [3.05, 3.63) is 30.3 Å². The van der Waals surface area contributed by atoms with Crippen LogP contribution in [0.15, 0.2) is 30.3 Å². The topological polar surface area (TPSA) is 55.8 Å². The van der Waals surface area contributed by atoms with Crippen molar-refractivity contribution in [2.75, 3.05) is 26.8 Å². The highest BCUT2D eigenvalue weighted by Gasteiger charge is 2.20. The van der Waals surface area contributed by atoms with Crippen LogP contribution in [0.3, 0.4) is 0 Å². The number of carbonyl (C=O) groups excluding carboxylic acids is 2. The molecule has 0 radical (unpaired) electrons. The van der Waals surface area contributed by atoms with Gasteiger partial charge in [0, 0.05) is 13.1 Å². The number of hydrogen-bond acceptors (Lipinski definition) is 4. The Labute approximate surface area is 125 Å². The molecule has 0 aliphatic heterocycles. The lowest BCUT2D eigenvalue weighted by Crippen LogP contribution is -2.37. The predicted octanol–water partition coefficient (Wildman–Crippen LogP) is 2.11. The first-order valence-corrected chi connectivity index (χ1v) is 7.12. The van der Waals surface area contributed by atoms with Crippen LogP contribution in [-0.2, 0) is 14.3 Å². The Balaban J connectivity index is 2.39. The van der Waals surface area contributed by atoms with E-state index in [1.165, 1.54) is 7.11 Å². The van der Waals surface area contributed by atoms with Gasteiger partial charge in [0.25, 0.3) is 0 Å². The zero-order chi connectivity index (χ0) is 15.7. The van der Waals surface area contributed by atoms with E-state index in [-0.39, 0.29) is 24.2 Å². The van der Waals surface area contributed by atoms with Crippen LogP contribution in [0, 0.1) is 5.92 Å². The number of methoxy groups -OCH3 is 1. The van der Waals surface area contributed by atoms with Gasteiger partial charge in [0.05, 0.1) is 26.1 Å². The molecular formula is C16H23NO4. The average Bonchev–Trinajstić information content (AvgIpc) is 2.52. The summed E-state index contributed by atoms with van der Waals surface area (Å²) in [7, 11) is 1.35. The van der Waals surface area contributed by atoms with Crippen LogP contribution >= 0.6 is 0 Å². The molecule has 0 saturated carbocycles. The maximum atomic E-state index is 12.1. The Morgan fingerprint density at radius 2 is 1.90 bits per heavy atom. The predicted molar refractivity (Wildman–Crippen MR) is 80.0 cm³/mol. The molecule has 1 unspecified atom stereocenters. The molecule has 21 heavy (non-hydrogen) atoms. The van der Waals surface area contributed by atoms with Crippen molar-refractivity contribution < 1.29 is 19.1 Å². The molecule has 1 amide bonds. The summed E-state index contributed by atoms with van der Waals surface area (Å²) in [5, 5.41) is 0. The third kappa shape index (κ3) is 5.85. The third-order valence-electron chi connectivity index (χ3n) is 3.16. The molecule has 0 aromatic heterocycles. The number of para-hydroxylation sites is 1. The van der Waals surface area contributed by atoms with Gasteiger partial charge in [-0.1, -0.05) is 25.1 Å². The van der Waals surface area contributed by atoms with Gasteiger partial charge in [0.2, 0.25) is 5.91 Å². The fraction of sp³-hybridized carbons (Fsp3) is 0.500. The molecule has 0 heterocycles. The number of benzene rings is 1. The number of hydrogen-bond donors (Lipinski definition) is 0. The van der Waals surface area contributed by atoms with E-state index in [1.807, 2.05) is 37.3 Å². The summed E-state index contributed by atoms with van der Waals surface area (Å²) >= 11 is 0. The standard InChI is InChI=1S/C16H23NO4/c1-4-17(12-13(2)16(19)20-3)15(18)10-11-21-14-8-6-5-7-9-14/h5-9,13H,4,10-12H2,1-3H3. The lowest BCUT2D eigenvalue weighted by molar-refractivity contribution is -0.146. The van der Waals surface area contributed by atoms with Crippen LogP contribution < -0.4 is 4.74 Å². The molecule has 5 nitrogen and oxygen atoms in total. The summed E-state index contributed by atoms with van der Waals surface area (Å²) in [4.78, 5) is 25.2. The van der Waals surface area contributed by atoms with Crippen LogP contribution in [-0.4, -0.2) is 43.6 Å². The fourth-order valence-electron chi connectivity index (χ4n) is 1.94. The largest absolute Gasteiger partial charge is 0.493 e. The van der Waals surface area contributed by atoms with Gasteiger partial charge in [-0.15, -0.1) is 0 Å². The smallest absolute Gasteiger partial charge is 0.310 e. The fourth-order valence-corrected chi connectivity index (χ4v) is 1.94. The molecule has 0 aliphatic rings. The number of nitrogens with zero attached hydrogens (tertiary/aromatic N) is 1. The summed E-state index contributed by atoms with van der Waals surface area (Å²) < 4.78 is 10.2. The van der Waals surface area contributed by atoms with E-state index < -0.39 is 0 Å². The molecule has 0 N–H and O–H groups in total. The molecule has 0 saturated heterocycles. The van der Waals surface area contributed by atoms with Crippen molar-refractivity contribution in [2.24, 2.45) is 5.92 Å². The Kier molecular flexibility index (Phi) is 7.29. The molecule has 1 aromatic rings. The van der Waals surface area contributed by atoms with Crippen molar-refractivity contribution in [2.45, 2.75) is 20.3 Å². The zero-order valence-electron chi connectivity index (χ0n) is 12.9. The van der Waals surface area contributed by atoms with E-state index in [1.54, 1.807) is 11.8 Å². The second-order valence-electron chi connectivity index (χ2n) is 4.77.